The molecule has 2 amide bonds. The van der Waals surface area contributed by atoms with Gasteiger partial charge in [0.25, 0.3) is 16.0 Å². The second kappa shape index (κ2) is 22.3. The maximum absolute atomic E-state index is 12.7. The number of rotatable bonds is 21. The first-order valence-corrected chi connectivity index (χ1v) is 23.2. The van der Waals surface area contributed by atoms with Gasteiger partial charge in [-0.25, -0.2) is 13.7 Å². The third kappa shape index (κ3) is 14.9. The quantitative estimate of drug-likeness (QED) is 0.00917. The summed E-state index contributed by atoms with van der Waals surface area (Å²) in [4.78, 5) is 49.2. The van der Waals surface area contributed by atoms with Crippen molar-refractivity contribution in [3.8, 4) is 0 Å². The standard InChI is InChI=1S/C38H37N11O12S4/c1-5-64(55,56)14-13-39-35(53)24-7-6-8-25(17-24)41-36-43-37(45-38(44-36)62-20-34(51)52)42-26-9-11-28(31(18-26)40-23(4)50)46-47-29-15-22(3)30(16-21(29)2)48-49-32-19-27(63-61-60-54)10-12-33(32)65(57,58)59/h5-12,15-19,54H,1,13-14,20H2,2-4H3,(H,39,53)(H,40,50)(H,51,52)(H,57,58,59)(H2,41,42,43,44,45). The number of nitrogens with zero attached hydrogens (tertiary/aromatic N) is 7. The first-order chi connectivity index (χ1) is 30.8. The van der Waals surface area contributed by atoms with Crippen LogP contribution in [0.5, 0.6) is 0 Å². The van der Waals surface area contributed by atoms with Crippen LogP contribution in [0.1, 0.15) is 28.4 Å². The maximum Gasteiger partial charge on any atom is 0.313 e. The predicted octanol–water partition coefficient (Wildman–Crippen LogP) is 7.90. The minimum atomic E-state index is -4.69. The number of benzene rings is 4. The molecule has 340 valence electrons. The van der Waals surface area contributed by atoms with Gasteiger partial charge in [0.15, 0.2) is 15.0 Å². The van der Waals surface area contributed by atoms with E-state index in [2.05, 4.69) is 72.6 Å². The van der Waals surface area contributed by atoms with Crippen LogP contribution in [0.2, 0.25) is 0 Å². The van der Waals surface area contributed by atoms with E-state index in [0.717, 1.165) is 23.2 Å². The second-order valence-corrected chi connectivity index (χ2v) is 18.3. The molecule has 5 rings (SSSR count). The van der Waals surface area contributed by atoms with Crippen molar-refractivity contribution in [2.75, 3.05) is 34.0 Å². The van der Waals surface area contributed by atoms with Crippen LogP contribution in [-0.2, 0) is 38.9 Å². The fraction of sp³-hybridized carbons (Fsp3) is 0.158. The van der Waals surface area contributed by atoms with Crippen molar-refractivity contribution in [2.45, 2.75) is 35.7 Å². The number of thioether (sulfide) groups is 1. The smallest absolute Gasteiger partial charge is 0.313 e. The normalized spacial score (nSPS) is 11.7. The Morgan fingerprint density at radius 1 is 0.815 bits per heavy atom. The van der Waals surface area contributed by atoms with Gasteiger partial charge in [-0.15, -0.1) is 14.6 Å². The predicted molar refractivity (Wildman–Crippen MR) is 239 cm³/mol. The number of nitrogens with one attached hydrogen (secondary N) is 4. The Balaban J connectivity index is 1.38. The number of anilines is 5. The highest BCUT2D eigenvalue weighted by molar-refractivity contribution is 7.99. The molecular weight excluding hydrogens is 931 g/mol. The van der Waals surface area contributed by atoms with E-state index in [-0.39, 0.29) is 62.6 Å². The average molecular weight is 968 g/mol. The van der Waals surface area contributed by atoms with Crippen molar-refractivity contribution in [1.29, 1.82) is 0 Å². The summed E-state index contributed by atoms with van der Waals surface area (Å²) in [7, 11) is -8.20. The molecule has 0 aliphatic carbocycles. The van der Waals surface area contributed by atoms with Crippen LogP contribution < -0.4 is 21.3 Å². The molecule has 0 atom stereocenters. The number of carbonyl (C=O) groups is 3. The highest BCUT2D eigenvalue weighted by atomic mass is 32.2. The number of aromatic nitrogens is 3. The summed E-state index contributed by atoms with van der Waals surface area (Å²) in [6.45, 7) is 7.83. The lowest BCUT2D eigenvalue weighted by molar-refractivity contribution is -0.432. The fourth-order valence-electron chi connectivity index (χ4n) is 5.25. The van der Waals surface area contributed by atoms with Crippen LogP contribution in [-0.4, -0.2) is 82.5 Å². The number of hydrogen-bond donors (Lipinski definition) is 7. The van der Waals surface area contributed by atoms with Crippen LogP contribution in [0.25, 0.3) is 0 Å². The van der Waals surface area contributed by atoms with Crippen LogP contribution in [0.3, 0.4) is 0 Å². The minimum Gasteiger partial charge on any atom is -0.481 e. The van der Waals surface area contributed by atoms with Crippen molar-refractivity contribution >= 4 is 113 Å². The van der Waals surface area contributed by atoms with Crippen LogP contribution in [0.15, 0.2) is 120 Å². The molecular formula is C38H37N11O12S4. The van der Waals surface area contributed by atoms with Gasteiger partial charge in [0, 0.05) is 40.7 Å². The summed E-state index contributed by atoms with van der Waals surface area (Å²) in [5.41, 5.74) is 3.09. The Kier molecular flexibility index (Phi) is 16.9. The van der Waals surface area contributed by atoms with Gasteiger partial charge in [-0.2, -0.15) is 33.6 Å². The van der Waals surface area contributed by atoms with Gasteiger partial charge in [0.1, 0.15) is 16.3 Å². The summed E-state index contributed by atoms with van der Waals surface area (Å²) in [6.07, 6.45) is 0. The molecule has 1 heterocycles. The zero-order valence-electron chi connectivity index (χ0n) is 34.1. The number of azo groups is 2. The zero-order chi connectivity index (χ0) is 47.3. The fourth-order valence-corrected chi connectivity index (χ4v) is 7.36. The SMILES string of the molecule is C=CS(=O)(=O)CCNC(=O)c1cccc(Nc2nc(Nc3ccc(N=Nc4cc(C)c(N=Nc5cc(SOOO)ccc5S(=O)(=O)O)cc4C)c(NC(C)=O)c3)nc(SCC(=O)O)n2)c1. The van der Waals surface area contributed by atoms with Gasteiger partial charge in [0.2, 0.25) is 17.8 Å². The van der Waals surface area contributed by atoms with E-state index in [1.807, 2.05) is 0 Å². The summed E-state index contributed by atoms with van der Waals surface area (Å²) in [6, 6.07) is 17.8. The number of aliphatic carboxylic acids is 1. The number of carboxylic acids is 1. The molecule has 1 aromatic heterocycles. The van der Waals surface area contributed by atoms with E-state index < -0.39 is 42.6 Å². The summed E-state index contributed by atoms with van der Waals surface area (Å²) < 4.78 is 61.4. The van der Waals surface area contributed by atoms with E-state index in [1.165, 1.54) is 37.3 Å². The Labute approximate surface area is 379 Å². The minimum absolute atomic E-state index is 0.0216. The van der Waals surface area contributed by atoms with Crippen LogP contribution in [0.4, 0.5) is 51.7 Å². The van der Waals surface area contributed by atoms with Gasteiger partial charge in [0.05, 0.1) is 40.6 Å². The average Bonchev–Trinajstić information content (AvgIpc) is 3.24. The highest BCUT2D eigenvalue weighted by Crippen LogP contribution is 2.36. The Morgan fingerprint density at radius 2 is 1.45 bits per heavy atom. The number of aryl methyl sites for hydroxylation is 2. The molecule has 0 aliphatic heterocycles. The molecule has 27 heteroatoms. The summed E-state index contributed by atoms with van der Waals surface area (Å²) in [5.74, 6) is -2.82. The number of hydrogen-bond acceptors (Lipinski definition) is 21. The molecule has 5 aromatic rings. The van der Waals surface area contributed by atoms with Gasteiger partial charge >= 0.3 is 5.97 Å². The lowest BCUT2D eigenvalue weighted by atomic mass is 10.1. The van der Waals surface area contributed by atoms with Crippen LogP contribution in [0, 0.1) is 13.8 Å². The highest BCUT2D eigenvalue weighted by Gasteiger charge is 2.18. The molecule has 4 aromatic carbocycles. The van der Waals surface area contributed by atoms with Crippen molar-refractivity contribution in [3.05, 3.63) is 101 Å². The molecule has 0 fully saturated rings. The maximum atomic E-state index is 12.7. The van der Waals surface area contributed by atoms with E-state index in [9.17, 15) is 40.9 Å². The Hall–Kier alpha value is -6.72. The van der Waals surface area contributed by atoms with Crippen molar-refractivity contribution in [1.82, 2.24) is 20.3 Å². The number of amides is 2. The molecule has 0 saturated heterocycles. The molecule has 0 bridgehead atoms. The number of sulfone groups is 1. The number of carboxylic acid groups (broad SMARTS) is 1. The molecule has 65 heavy (non-hydrogen) atoms. The molecule has 0 spiro atoms. The third-order valence-electron chi connectivity index (χ3n) is 8.22. The first-order valence-electron chi connectivity index (χ1n) is 18.3. The number of carbonyl (C=O) groups excluding carboxylic acids is 2. The lowest BCUT2D eigenvalue weighted by Gasteiger charge is -2.12. The van der Waals surface area contributed by atoms with Crippen molar-refractivity contribution in [3.63, 3.8) is 0 Å². The first kappa shape index (κ1) is 49.3. The summed E-state index contributed by atoms with van der Waals surface area (Å²) in [5, 5.41) is 50.3. The van der Waals surface area contributed by atoms with Gasteiger partial charge in [-0.1, -0.05) is 29.4 Å². The van der Waals surface area contributed by atoms with Gasteiger partial charge in [-0.05, 0) is 91.7 Å². The molecule has 0 radical (unpaired) electrons. The monoisotopic (exact) mass is 967 g/mol. The van der Waals surface area contributed by atoms with E-state index in [4.69, 9.17) is 5.26 Å². The third-order valence-corrected chi connectivity index (χ3v) is 11.8. The lowest BCUT2D eigenvalue weighted by Crippen LogP contribution is -2.28. The zero-order valence-corrected chi connectivity index (χ0v) is 37.4. The van der Waals surface area contributed by atoms with Crippen molar-refractivity contribution in [2.24, 2.45) is 20.5 Å². The van der Waals surface area contributed by atoms with Gasteiger partial charge < -0.3 is 26.4 Å². The largest absolute Gasteiger partial charge is 0.481 e. The second-order valence-electron chi connectivity index (χ2n) is 13.1. The van der Waals surface area contributed by atoms with E-state index in [0.29, 0.717) is 45.9 Å². The molecule has 0 saturated carbocycles. The van der Waals surface area contributed by atoms with Gasteiger partial charge in [-0.3, -0.25) is 18.9 Å². The molecule has 7 N–H and O–H groups in total. The topological polar surface area (TPSA) is 335 Å². The van der Waals surface area contributed by atoms with E-state index in [1.54, 1.807) is 50.2 Å². The summed E-state index contributed by atoms with van der Waals surface area (Å²) >= 11 is 1.37. The Morgan fingerprint density at radius 3 is 2.05 bits per heavy atom. The molecule has 0 unspecified atom stereocenters. The molecule has 23 nitrogen and oxygen atoms in total. The van der Waals surface area contributed by atoms with Crippen LogP contribution >= 0.6 is 23.8 Å². The Bertz CT molecular complexity index is 2920. The molecule has 0 aliphatic rings. The van der Waals surface area contributed by atoms with E-state index >= 15 is 0 Å². The van der Waals surface area contributed by atoms with Crippen molar-refractivity contribution < 1.29 is 55.5 Å².